The quantitative estimate of drug-likeness (QED) is 0.868. The second-order valence-corrected chi connectivity index (χ2v) is 7.26. The second kappa shape index (κ2) is 7.48. The van der Waals surface area contributed by atoms with Gasteiger partial charge in [0.25, 0.3) is 0 Å². The van der Waals surface area contributed by atoms with Gasteiger partial charge in [-0.05, 0) is 24.3 Å². The number of hydrogen-bond donors (Lipinski definition) is 1. The van der Waals surface area contributed by atoms with Crippen molar-refractivity contribution < 1.29 is 13.2 Å². The Morgan fingerprint density at radius 1 is 1.09 bits per heavy atom. The largest absolute Gasteiger partial charge is 0.326 e. The van der Waals surface area contributed by atoms with E-state index in [2.05, 4.69) is 5.32 Å². The van der Waals surface area contributed by atoms with Gasteiger partial charge >= 0.3 is 0 Å². The molecule has 0 atom stereocenters. The van der Waals surface area contributed by atoms with Gasteiger partial charge in [-0.2, -0.15) is 0 Å². The van der Waals surface area contributed by atoms with E-state index >= 15 is 0 Å². The average molecular weight is 353 g/mol. The van der Waals surface area contributed by atoms with Crippen LogP contribution in [0.15, 0.2) is 54.6 Å². The minimum Gasteiger partial charge on any atom is -0.326 e. The normalized spacial score (nSPS) is 11.0. The summed E-state index contributed by atoms with van der Waals surface area (Å²) in [6.45, 7) is 0.0151. The van der Waals surface area contributed by atoms with Crippen molar-refractivity contribution in [2.75, 3.05) is 22.4 Å². The number of nitrogens with one attached hydrogen (secondary N) is 1. The van der Waals surface area contributed by atoms with Gasteiger partial charge in [0.1, 0.15) is 0 Å². The lowest BCUT2D eigenvalue weighted by Gasteiger charge is -2.23. The molecular weight excluding hydrogens is 336 g/mol. The minimum absolute atomic E-state index is 0.0151. The number of amides is 1. The molecule has 0 spiro atoms. The smallest absolute Gasteiger partial charge is 0.232 e. The summed E-state index contributed by atoms with van der Waals surface area (Å²) in [7, 11) is -3.54. The SMILES string of the molecule is CS(=O)(=O)N(CCC(=O)Nc1ccccc1)c1ccccc1Cl. The average Bonchev–Trinajstić information content (AvgIpc) is 2.49. The molecule has 1 N–H and O–H groups in total. The Morgan fingerprint density at radius 3 is 2.30 bits per heavy atom. The molecule has 7 heteroatoms. The van der Waals surface area contributed by atoms with Gasteiger partial charge in [0.15, 0.2) is 0 Å². The van der Waals surface area contributed by atoms with Crippen LogP contribution in [0.1, 0.15) is 6.42 Å². The summed E-state index contributed by atoms with van der Waals surface area (Å²) in [6.07, 6.45) is 1.11. The molecule has 1 amide bonds. The summed E-state index contributed by atoms with van der Waals surface area (Å²) in [5.74, 6) is -0.267. The molecule has 0 unspecified atom stereocenters. The Labute approximate surface area is 140 Å². The van der Waals surface area contributed by atoms with E-state index < -0.39 is 10.0 Å². The van der Waals surface area contributed by atoms with Gasteiger partial charge in [-0.15, -0.1) is 0 Å². The fourth-order valence-electron chi connectivity index (χ4n) is 2.07. The fraction of sp³-hybridized carbons (Fsp3) is 0.188. The monoisotopic (exact) mass is 352 g/mol. The predicted molar refractivity (Wildman–Crippen MR) is 93.3 cm³/mol. The Balaban J connectivity index is 2.08. The summed E-state index contributed by atoms with van der Waals surface area (Å²) in [6, 6.07) is 15.6. The lowest BCUT2D eigenvalue weighted by molar-refractivity contribution is -0.116. The lowest BCUT2D eigenvalue weighted by Crippen LogP contribution is -2.33. The highest BCUT2D eigenvalue weighted by Gasteiger charge is 2.20. The molecule has 0 aliphatic heterocycles. The van der Waals surface area contributed by atoms with E-state index in [-0.39, 0.29) is 18.9 Å². The zero-order chi connectivity index (χ0) is 16.9. The second-order valence-electron chi connectivity index (χ2n) is 4.95. The summed E-state index contributed by atoms with van der Waals surface area (Å²) in [4.78, 5) is 12.0. The van der Waals surface area contributed by atoms with Gasteiger partial charge in [-0.25, -0.2) is 8.42 Å². The molecule has 0 saturated heterocycles. The molecule has 0 radical (unpaired) electrons. The molecule has 0 saturated carbocycles. The topological polar surface area (TPSA) is 66.5 Å². The first kappa shape index (κ1) is 17.3. The van der Waals surface area contributed by atoms with Crippen LogP contribution in [0.25, 0.3) is 0 Å². The number of hydrogen-bond acceptors (Lipinski definition) is 3. The summed E-state index contributed by atoms with van der Waals surface area (Å²) < 4.78 is 25.1. The maximum Gasteiger partial charge on any atom is 0.232 e. The number of nitrogens with zero attached hydrogens (tertiary/aromatic N) is 1. The number of rotatable bonds is 6. The minimum atomic E-state index is -3.54. The third-order valence-corrected chi connectivity index (χ3v) is 4.62. The zero-order valence-corrected chi connectivity index (χ0v) is 14.1. The molecule has 0 aliphatic rings. The highest BCUT2D eigenvalue weighted by Crippen LogP contribution is 2.27. The van der Waals surface area contributed by atoms with Crippen molar-refractivity contribution in [2.45, 2.75) is 6.42 Å². The summed E-state index contributed by atoms with van der Waals surface area (Å²) in [5.41, 5.74) is 1.03. The number of carbonyl (C=O) groups excluding carboxylic acids is 1. The first-order chi connectivity index (χ1) is 10.9. The number of halogens is 1. The van der Waals surface area contributed by atoms with Crippen molar-refractivity contribution in [2.24, 2.45) is 0 Å². The lowest BCUT2D eigenvalue weighted by atomic mass is 10.3. The molecule has 23 heavy (non-hydrogen) atoms. The molecule has 0 aliphatic carbocycles. The van der Waals surface area contributed by atoms with Crippen LogP contribution in [-0.4, -0.2) is 27.1 Å². The summed E-state index contributed by atoms with van der Waals surface area (Å²) >= 11 is 6.06. The van der Waals surface area contributed by atoms with E-state index in [0.717, 1.165) is 10.6 Å². The van der Waals surface area contributed by atoms with Gasteiger partial charge < -0.3 is 5.32 Å². The molecule has 2 aromatic rings. The third-order valence-electron chi connectivity index (χ3n) is 3.12. The number of benzene rings is 2. The molecule has 0 aromatic heterocycles. The Bertz CT molecular complexity index is 779. The highest BCUT2D eigenvalue weighted by atomic mass is 35.5. The van der Waals surface area contributed by atoms with Crippen molar-refractivity contribution in [3.05, 3.63) is 59.6 Å². The van der Waals surface area contributed by atoms with E-state index in [9.17, 15) is 13.2 Å². The van der Waals surface area contributed by atoms with Crippen molar-refractivity contribution in [1.29, 1.82) is 0 Å². The van der Waals surface area contributed by atoms with Crippen molar-refractivity contribution >= 4 is 38.9 Å². The Hall–Kier alpha value is -2.05. The zero-order valence-electron chi connectivity index (χ0n) is 12.6. The molecule has 2 aromatic carbocycles. The molecule has 122 valence electrons. The van der Waals surface area contributed by atoms with Crippen LogP contribution < -0.4 is 9.62 Å². The standard InChI is InChI=1S/C16H17ClN2O3S/c1-23(21,22)19(15-10-6-5-9-14(15)17)12-11-16(20)18-13-7-3-2-4-8-13/h2-10H,11-12H2,1H3,(H,18,20). The Kier molecular flexibility index (Phi) is 5.63. The first-order valence-corrected chi connectivity index (χ1v) is 9.17. The fourth-order valence-corrected chi connectivity index (χ4v) is 3.29. The van der Waals surface area contributed by atoms with Crippen molar-refractivity contribution in [3.8, 4) is 0 Å². The number of carbonyl (C=O) groups is 1. The number of anilines is 2. The molecule has 2 rings (SSSR count). The van der Waals surface area contributed by atoms with Gasteiger partial charge in [0.05, 0.1) is 17.0 Å². The molecule has 0 fully saturated rings. The molecule has 0 bridgehead atoms. The van der Waals surface area contributed by atoms with Crippen LogP contribution in [0.2, 0.25) is 5.02 Å². The summed E-state index contributed by atoms with van der Waals surface area (Å²) in [5, 5.41) is 3.04. The number of para-hydroxylation sites is 2. The van der Waals surface area contributed by atoms with Gasteiger partial charge in [0.2, 0.25) is 15.9 Å². The first-order valence-electron chi connectivity index (χ1n) is 6.95. The third kappa shape index (κ3) is 4.97. The van der Waals surface area contributed by atoms with E-state index in [4.69, 9.17) is 11.6 Å². The predicted octanol–water partition coefficient (Wildman–Crippen LogP) is 3.13. The van der Waals surface area contributed by atoms with Gasteiger partial charge in [-0.3, -0.25) is 9.10 Å². The molecular formula is C16H17ClN2O3S. The van der Waals surface area contributed by atoms with E-state index in [1.807, 2.05) is 18.2 Å². The van der Waals surface area contributed by atoms with Gasteiger partial charge in [0, 0.05) is 18.7 Å². The Morgan fingerprint density at radius 2 is 1.70 bits per heavy atom. The molecule has 5 nitrogen and oxygen atoms in total. The van der Waals surface area contributed by atoms with Crippen LogP contribution in [-0.2, 0) is 14.8 Å². The highest BCUT2D eigenvalue weighted by molar-refractivity contribution is 7.92. The van der Waals surface area contributed by atoms with E-state index in [1.54, 1.807) is 36.4 Å². The van der Waals surface area contributed by atoms with E-state index in [1.165, 1.54) is 0 Å². The van der Waals surface area contributed by atoms with Crippen molar-refractivity contribution in [3.63, 3.8) is 0 Å². The van der Waals surface area contributed by atoms with Crippen molar-refractivity contribution in [1.82, 2.24) is 0 Å². The van der Waals surface area contributed by atoms with Crippen LogP contribution in [0, 0.1) is 0 Å². The van der Waals surface area contributed by atoms with Crippen LogP contribution >= 0.6 is 11.6 Å². The molecule has 0 heterocycles. The van der Waals surface area contributed by atoms with Crippen LogP contribution in [0.4, 0.5) is 11.4 Å². The van der Waals surface area contributed by atoms with E-state index in [0.29, 0.717) is 16.4 Å². The van der Waals surface area contributed by atoms with Crippen LogP contribution in [0.5, 0.6) is 0 Å². The van der Waals surface area contributed by atoms with Gasteiger partial charge in [-0.1, -0.05) is 41.9 Å². The van der Waals surface area contributed by atoms with Crippen LogP contribution in [0.3, 0.4) is 0 Å². The maximum atomic E-state index is 12.0. The maximum absolute atomic E-state index is 12.0. The number of sulfonamides is 1.